The Hall–Kier alpha value is -1.42. The molecule has 1 aliphatic carbocycles. The van der Waals surface area contributed by atoms with Gasteiger partial charge in [0.05, 0.1) is 0 Å². The maximum Gasteiger partial charge on any atom is 0.624 e. The lowest BCUT2D eigenvalue weighted by Gasteiger charge is -2.30. The van der Waals surface area contributed by atoms with Crippen molar-refractivity contribution in [3.05, 3.63) is 36.3 Å². The Kier molecular flexibility index (Phi) is 3.04. The van der Waals surface area contributed by atoms with Crippen LogP contribution in [-0.4, -0.2) is 12.7 Å². The average molecular weight is 243 g/mol. The lowest BCUT2D eigenvalue weighted by atomic mass is 9.79. The molecule has 0 spiro atoms. The maximum atomic E-state index is 6.34. The van der Waals surface area contributed by atoms with Gasteiger partial charge in [-0.1, -0.05) is 37.5 Å². The van der Waals surface area contributed by atoms with Gasteiger partial charge in [0.1, 0.15) is 11.5 Å². The Balaban J connectivity index is 1.65. The number of fused-ring (bicyclic) bond motifs is 1. The van der Waals surface area contributed by atoms with Crippen molar-refractivity contribution in [3.8, 4) is 11.5 Å². The Morgan fingerprint density at radius 1 is 1.06 bits per heavy atom. The van der Waals surface area contributed by atoms with E-state index in [9.17, 15) is 0 Å². The molecule has 0 radical (unpaired) electrons. The molecule has 1 saturated carbocycles. The predicted octanol–water partition coefficient (Wildman–Crippen LogP) is 2.70. The average Bonchev–Trinajstić information content (AvgIpc) is 2.80. The summed E-state index contributed by atoms with van der Waals surface area (Å²) in [5, 5.41) is 0. The lowest BCUT2D eigenvalue weighted by molar-refractivity contribution is 0.358. The number of hydrogen-bond donors (Lipinski definition) is 1. The Bertz CT molecular complexity index is 430. The van der Waals surface area contributed by atoms with Gasteiger partial charge in [-0.25, -0.2) is 0 Å². The summed E-state index contributed by atoms with van der Waals surface area (Å²) in [5.74, 6) is 3.56. The topological polar surface area (TPSA) is 44.5 Å². The van der Waals surface area contributed by atoms with E-state index in [-0.39, 0.29) is 12.7 Å². The summed E-state index contributed by atoms with van der Waals surface area (Å²) in [4.78, 5) is 0. The van der Waals surface area contributed by atoms with E-state index in [0.29, 0.717) is 0 Å². The molecule has 18 heavy (non-hydrogen) atoms. The van der Waals surface area contributed by atoms with E-state index in [1.807, 2.05) is 30.2 Å². The molecule has 1 fully saturated rings. The molecule has 0 bridgehead atoms. The van der Waals surface area contributed by atoms with Gasteiger partial charge in [0, 0.05) is 5.54 Å². The van der Waals surface area contributed by atoms with Crippen LogP contribution in [-0.2, 0) is 0 Å². The normalized spacial score (nSPS) is 21.5. The summed E-state index contributed by atoms with van der Waals surface area (Å²) in [5.41, 5.74) is 6.18. The summed E-state index contributed by atoms with van der Waals surface area (Å²) < 4.78 is 11.4. The highest BCUT2D eigenvalue weighted by Crippen LogP contribution is 2.33. The zero-order valence-electron chi connectivity index (χ0n) is 10.5. The molecular weight excluding hydrogens is 225 g/mol. The van der Waals surface area contributed by atoms with Crippen molar-refractivity contribution in [3.63, 3.8) is 0 Å². The zero-order valence-corrected chi connectivity index (χ0v) is 10.5. The summed E-state index contributed by atoms with van der Waals surface area (Å²) in [6.07, 6.45) is 7.92. The highest BCUT2D eigenvalue weighted by atomic mass is 16.6. The standard InChI is InChI=1S/C14H18BNO2/c16-14(8-4-1-5-9-14)10-11-15-17-12-6-2-3-7-13(12)18-15/h2-3,6-7,10-11H,1,4-5,8-9,16H2. The highest BCUT2D eigenvalue weighted by molar-refractivity contribution is 6.53. The van der Waals surface area contributed by atoms with E-state index in [0.717, 1.165) is 24.3 Å². The van der Waals surface area contributed by atoms with Crippen molar-refractivity contribution in [2.45, 2.75) is 37.6 Å². The number of benzene rings is 1. The predicted molar refractivity (Wildman–Crippen MR) is 72.6 cm³/mol. The van der Waals surface area contributed by atoms with Crippen LogP contribution in [0, 0.1) is 0 Å². The van der Waals surface area contributed by atoms with E-state index in [2.05, 4.69) is 6.08 Å². The smallest absolute Gasteiger partial charge is 0.520 e. The van der Waals surface area contributed by atoms with E-state index in [1.165, 1.54) is 19.3 Å². The fourth-order valence-electron chi connectivity index (χ4n) is 2.64. The van der Waals surface area contributed by atoms with Crippen LogP contribution in [0.25, 0.3) is 0 Å². The molecule has 94 valence electrons. The Morgan fingerprint density at radius 3 is 2.28 bits per heavy atom. The molecule has 1 heterocycles. The largest absolute Gasteiger partial charge is 0.624 e. The minimum atomic E-state index is -0.329. The van der Waals surface area contributed by atoms with E-state index < -0.39 is 0 Å². The first-order chi connectivity index (χ1) is 8.75. The van der Waals surface area contributed by atoms with Crippen LogP contribution in [0.1, 0.15) is 32.1 Å². The number of hydrogen-bond acceptors (Lipinski definition) is 3. The quantitative estimate of drug-likeness (QED) is 0.812. The van der Waals surface area contributed by atoms with Crippen molar-refractivity contribution in [1.82, 2.24) is 0 Å². The molecular formula is C14H18BNO2. The molecule has 1 aromatic carbocycles. The van der Waals surface area contributed by atoms with Crippen LogP contribution in [0.4, 0.5) is 0 Å². The van der Waals surface area contributed by atoms with Gasteiger partial charge < -0.3 is 15.0 Å². The van der Waals surface area contributed by atoms with Gasteiger partial charge in [0.2, 0.25) is 0 Å². The Labute approximate surface area is 108 Å². The SMILES string of the molecule is NC1(C=CB2Oc3ccccc3O2)CCCCC1. The third-order valence-corrected chi connectivity index (χ3v) is 3.71. The molecule has 0 atom stereocenters. The second kappa shape index (κ2) is 4.69. The first-order valence-electron chi connectivity index (χ1n) is 6.66. The molecule has 0 aromatic heterocycles. The van der Waals surface area contributed by atoms with Crippen LogP contribution in [0.3, 0.4) is 0 Å². The van der Waals surface area contributed by atoms with Gasteiger partial charge in [0.15, 0.2) is 0 Å². The van der Waals surface area contributed by atoms with E-state index >= 15 is 0 Å². The van der Waals surface area contributed by atoms with Crippen molar-refractivity contribution in [2.24, 2.45) is 5.73 Å². The fourth-order valence-corrected chi connectivity index (χ4v) is 2.64. The number of rotatable bonds is 2. The van der Waals surface area contributed by atoms with Gasteiger partial charge in [-0.15, -0.1) is 0 Å². The molecule has 0 saturated heterocycles. The van der Waals surface area contributed by atoms with Gasteiger partial charge in [-0.05, 0) is 30.9 Å². The molecule has 1 aromatic rings. The van der Waals surface area contributed by atoms with Crippen LogP contribution >= 0.6 is 0 Å². The van der Waals surface area contributed by atoms with Crippen molar-refractivity contribution < 1.29 is 9.31 Å². The lowest BCUT2D eigenvalue weighted by Crippen LogP contribution is -2.40. The van der Waals surface area contributed by atoms with Crippen LogP contribution in [0.5, 0.6) is 11.5 Å². The number of para-hydroxylation sites is 2. The van der Waals surface area contributed by atoms with Crippen molar-refractivity contribution in [1.29, 1.82) is 0 Å². The summed E-state index contributed by atoms with van der Waals surface area (Å²) in [6.45, 7) is 0. The molecule has 3 rings (SSSR count). The van der Waals surface area contributed by atoms with Crippen LogP contribution in [0.15, 0.2) is 36.3 Å². The first-order valence-corrected chi connectivity index (χ1v) is 6.66. The third kappa shape index (κ3) is 2.39. The molecule has 2 N–H and O–H groups in total. The molecule has 4 heteroatoms. The van der Waals surface area contributed by atoms with Crippen molar-refractivity contribution >= 4 is 7.12 Å². The number of nitrogens with two attached hydrogens (primary N) is 1. The second-order valence-electron chi connectivity index (χ2n) is 5.20. The van der Waals surface area contributed by atoms with E-state index in [4.69, 9.17) is 15.0 Å². The summed E-state index contributed by atoms with van der Waals surface area (Å²) >= 11 is 0. The molecule has 0 unspecified atom stereocenters. The maximum absolute atomic E-state index is 6.34. The van der Waals surface area contributed by atoms with Gasteiger partial charge >= 0.3 is 7.12 Å². The van der Waals surface area contributed by atoms with Crippen molar-refractivity contribution in [2.75, 3.05) is 0 Å². The first kappa shape index (κ1) is 11.7. The van der Waals surface area contributed by atoms with E-state index in [1.54, 1.807) is 0 Å². The Morgan fingerprint density at radius 2 is 1.67 bits per heavy atom. The summed E-state index contributed by atoms with van der Waals surface area (Å²) in [6, 6.07) is 7.73. The molecule has 1 aliphatic heterocycles. The van der Waals surface area contributed by atoms with Crippen LogP contribution in [0.2, 0.25) is 0 Å². The molecule has 0 amide bonds. The monoisotopic (exact) mass is 243 g/mol. The van der Waals surface area contributed by atoms with Gasteiger partial charge in [-0.2, -0.15) is 0 Å². The molecule has 2 aliphatic rings. The minimum Gasteiger partial charge on any atom is -0.520 e. The van der Waals surface area contributed by atoms with Gasteiger partial charge in [0.25, 0.3) is 0 Å². The highest BCUT2D eigenvalue weighted by Gasteiger charge is 2.31. The van der Waals surface area contributed by atoms with Crippen LogP contribution < -0.4 is 15.0 Å². The van der Waals surface area contributed by atoms with Gasteiger partial charge in [-0.3, -0.25) is 0 Å². The summed E-state index contributed by atoms with van der Waals surface area (Å²) in [7, 11) is -0.329. The minimum absolute atomic E-state index is 0.167. The molecule has 3 nitrogen and oxygen atoms in total. The second-order valence-corrected chi connectivity index (χ2v) is 5.20. The third-order valence-electron chi connectivity index (χ3n) is 3.71. The fraction of sp³-hybridized carbons (Fsp3) is 0.429. The zero-order chi connectivity index (χ0) is 12.4.